The van der Waals surface area contributed by atoms with Crippen molar-refractivity contribution < 1.29 is 9.18 Å². The van der Waals surface area contributed by atoms with Crippen molar-refractivity contribution in [3.05, 3.63) is 69.9 Å². The standard InChI is InChI=1S/C17H16BrFO/c1-2-14(13-6-4-3-5-7-13)17(20)11-12-8-9-16(19)15(18)10-12/h3-10,14H,2,11H2,1H3. The Morgan fingerprint density at radius 3 is 2.50 bits per heavy atom. The third-order valence-electron chi connectivity index (χ3n) is 3.36. The number of carbonyl (C=O) groups excluding carboxylic acids is 1. The van der Waals surface area contributed by atoms with Crippen molar-refractivity contribution >= 4 is 21.7 Å². The van der Waals surface area contributed by atoms with Gasteiger partial charge in [0.15, 0.2) is 0 Å². The minimum absolute atomic E-state index is 0.0972. The summed E-state index contributed by atoms with van der Waals surface area (Å²) in [4.78, 5) is 12.4. The summed E-state index contributed by atoms with van der Waals surface area (Å²) in [6.07, 6.45) is 1.09. The van der Waals surface area contributed by atoms with Crippen LogP contribution in [0.15, 0.2) is 53.0 Å². The molecule has 0 fully saturated rings. The third kappa shape index (κ3) is 3.54. The Bertz CT molecular complexity index is 595. The summed E-state index contributed by atoms with van der Waals surface area (Å²) in [7, 11) is 0. The highest BCUT2D eigenvalue weighted by Gasteiger charge is 2.18. The second-order valence-corrected chi connectivity index (χ2v) is 5.62. The minimum atomic E-state index is -0.309. The Hall–Kier alpha value is -1.48. The van der Waals surface area contributed by atoms with Crippen LogP contribution in [0.2, 0.25) is 0 Å². The Morgan fingerprint density at radius 2 is 1.90 bits per heavy atom. The van der Waals surface area contributed by atoms with Crippen LogP contribution in [-0.4, -0.2) is 5.78 Å². The van der Waals surface area contributed by atoms with Gasteiger partial charge in [0.1, 0.15) is 11.6 Å². The van der Waals surface area contributed by atoms with E-state index >= 15 is 0 Å². The Labute approximate surface area is 127 Å². The van der Waals surface area contributed by atoms with Crippen molar-refractivity contribution in [1.82, 2.24) is 0 Å². The number of halogens is 2. The first kappa shape index (κ1) is 14.9. The van der Waals surface area contributed by atoms with Crippen molar-refractivity contribution in [1.29, 1.82) is 0 Å². The predicted octanol–water partition coefficient (Wildman–Crippen LogP) is 4.89. The lowest BCUT2D eigenvalue weighted by molar-refractivity contribution is -0.119. The zero-order valence-corrected chi connectivity index (χ0v) is 12.9. The quantitative estimate of drug-likeness (QED) is 0.760. The van der Waals surface area contributed by atoms with Gasteiger partial charge in [0, 0.05) is 12.3 Å². The molecule has 20 heavy (non-hydrogen) atoms. The molecule has 0 bridgehead atoms. The normalized spacial score (nSPS) is 12.2. The van der Waals surface area contributed by atoms with Gasteiger partial charge in [0.05, 0.1) is 4.47 Å². The number of benzene rings is 2. The predicted molar refractivity (Wildman–Crippen MR) is 82.3 cm³/mol. The van der Waals surface area contributed by atoms with Crippen LogP contribution < -0.4 is 0 Å². The van der Waals surface area contributed by atoms with Gasteiger partial charge in [-0.2, -0.15) is 0 Å². The molecule has 2 aromatic carbocycles. The lowest BCUT2D eigenvalue weighted by Crippen LogP contribution is -2.14. The average Bonchev–Trinajstić information content (AvgIpc) is 2.45. The average molecular weight is 335 g/mol. The Balaban J connectivity index is 2.15. The molecule has 1 unspecified atom stereocenters. The number of ketones is 1. The van der Waals surface area contributed by atoms with Crippen LogP contribution in [0.25, 0.3) is 0 Å². The molecule has 2 rings (SSSR count). The van der Waals surface area contributed by atoms with Crippen LogP contribution in [0.4, 0.5) is 4.39 Å². The summed E-state index contributed by atoms with van der Waals surface area (Å²) in [6.45, 7) is 2.01. The first-order chi connectivity index (χ1) is 9.61. The fourth-order valence-electron chi connectivity index (χ4n) is 2.31. The molecule has 1 atom stereocenters. The first-order valence-electron chi connectivity index (χ1n) is 6.63. The zero-order valence-electron chi connectivity index (χ0n) is 11.3. The van der Waals surface area contributed by atoms with Gasteiger partial charge in [-0.05, 0) is 45.6 Å². The van der Waals surface area contributed by atoms with E-state index in [1.807, 2.05) is 37.3 Å². The topological polar surface area (TPSA) is 17.1 Å². The van der Waals surface area contributed by atoms with Gasteiger partial charge in [-0.25, -0.2) is 4.39 Å². The van der Waals surface area contributed by atoms with Crippen molar-refractivity contribution in [3.63, 3.8) is 0 Å². The highest BCUT2D eigenvalue weighted by molar-refractivity contribution is 9.10. The van der Waals surface area contributed by atoms with Gasteiger partial charge in [-0.3, -0.25) is 4.79 Å². The molecular weight excluding hydrogens is 319 g/mol. The van der Waals surface area contributed by atoms with Crippen molar-refractivity contribution in [3.8, 4) is 0 Å². The summed E-state index contributed by atoms with van der Waals surface area (Å²) in [6, 6.07) is 14.5. The molecule has 0 aliphatic heterocycles. The molecule has 0 aromatic heterocycles. The van der Waals surface area contributed by atoms with Crippen LogP contribution in [0.1, 0.15) is 30.4 Å². The van der Waals surface area contributed by atoms with Gasteiger partial charge in [0.25, 0.3) is 0 Å². The Morgan fingerprint density at radius 1 is 1.20 bits per heavy atom. The van der Waals surface area contributed by atoms with Crippen LogP contribution in [-0.2, 0) is 11.2 Å². The fourth-order valence-corrected chi connectivity index (χ4v) is 2.73. The van der Waals surface area contributed by atoms with E-state index in [1.165, 1.54) is 6.07 Å². The molecule has 0 saturated carbocycles. The van der Waals surface area contributed by atoms with E-state index < -0.39 is 0 Å². The van der Waals surface area contributed by atoms with E-state index in [0.717, 1.165) is 17.5 Å². The van der Waals surface area contributed by atoms with Gasteiger partial charge in [0.2, 0.25) is 0 Å². The number of Topliss-reactive ketones (excluding diaryl/α,β-unsaturated/α-hetero) is 1. The molecule has 0 amide bonds. The largest absolute Gasteiger partial charge is 0.299 e. The molecule has 104 valence electrons. The van der Waals surface area contributed by atoms with Gasteiger partial charge in [-0.1, -0.05) is 43.3 Å². The van der Waals surface area contributed by atoms with Crippen LogP contribution in [0.3, 0.4) is 0 Å². The van der Waals surface area contributed by atoms with Crippen LogP contribution in [0, 0.1) is 5.82 Å². The maximum absolute atomic E-state index is 13.2. The van der Waals surface area contributed by atoms with E-state index in [1.54, 1.807) is 12.1 Å². The highest BCUT2D eigenvalue weighted by atomic mass is 79.9. The zero-order chi connectivity index (χ0) is 14.5. The number of hydrogen-bond acceptors (Lipinski definition) is 1. The van der Waals surface area contributed by atoms with Crippen molar-refractivity contribution in [2.75, 3.05) is 0 Å². The fraction of sp³-hybridized carbons (Fsp3) is 0.235. The lowest BCUT2D eigenvalue weighted by atomic mass is 9.89. The van der Waals surface area contributed by atoms with E-state index in [-0.39, 0.29) is 17.5 Å². The summed E-state index contributed by atoms with van der Waals surface area (Å²) in [5.74, 6) is -0.242. The lowest BCUT2D eigenvalue weighted by Gasteiger charge is -2.14. The Kier molecular flexibility index (Phi) is 5.07. The van der Waals surface area contributed by atoms with Gasteiger partial charge in [-0.15, -0.1) is 0 Å². The first-order valence-corrected chi connectivity index (χ1v) is 7.42. The maximum Gasteiger partial charge on any atom is 0.144 e. The van der Waals surface area contributed by atoms with E-state index in [4.69, 9.17) is 0 Å². The summed E-state index contributed by atoms with van der Waals surface area (Å²) in [5.41, 5.74) is 1.87. The van der Waals surface area contributed by atoms with E-state index in [2.05, 4.69) is 15.9 Å². The van der Waals surface area contributed by atoms with E-state index in [0.29, 0.717) is 10.9 Å². The molecule has 0 aliphatic carbocycles. The molecule has 1 nitrogen and oxygen atoms in total. The smallest absolute Gasteiger partial charge is 0.144 e. The van der Waals surface area contributed by atoms with Gasteiger partial charge >= 0.3 is 0 Å². The molecule has 0 radical (unpaired) electrons. The summed E-state index contributed by atoms with van der Waals surface area (Å²) < 4.78 is 13.6. The second-order valence-electron chi connectivity index (χ2n) is 4.76. The maximum atomic E-state index is 13.2. The molecule has 0 heterocycles. The number of carbonyl (C=O) groups is 1. The number of hydrogen-bond donors (Lipinski definition) is 0. The second kappa shape index (κ2) is 6.80. The summed E-state index contributed by atoms with van der Waals surface area (Å²) in [5, 5.41) is 0. The monoisotopic (exact) mass is 334 g/mol. The molecule has 2 aromatic rings. The van der Waals surface area contributed by atoms with Gasteiger partial charge < -0.3 is 0 Å². The van der Waals surface area contributed by atoms with Crippen molar-refractivity contribution in [2.45, 2.75) is 25.7 Å². The highest BCUT2D eigenvalue weighted by Crippen LogP contribution is 2.23. The van der Waals surface area contributed by atoms with Crippen molar-refractivity contribution in [2.24, 2.45) is 0 Å². The molecule has 0 N–H and O–H groups in total. The molecule has 0 aliphatic rings. The third-order valence-corrected chi connectivity index (χ3v) is 3.97. The molecule has 3 heteroatoms. The molecule has 0 spiro atoms. The van der Waals surface area contributed by atoms with E-state index in [9.17, 15) is 9.18 Å². The van der Waals surface area contributed by atoms with Crippen LogP contribution in [0.5, 0.6) is 0 Å². The summed E-state index contributed by atoms with van der Waals surface area (Å²) >= 11 is 3.15. The minimum Gasteiger partial charge on any atom is -0.299 e. The van der Waals surface area contributed by atoms with Crippen LogP contribution >= 0.6 is 15.9 Å². The molecule has 0 saturated heterocycles. The molecular formula is C17H16BrFO. The SMILES string of the molecule is CCC(C(=O)Cc1ccc(F)c(Br)c1)c1ccccc1. The number of rotatable bonds is 5.